The Labute approximate surface area is 119 Å². The average Bonchev–Trinajstić information content (AvgIpc) is 2.35. The Morgan fingerprint density at radius 3 is 2.42 bits per heavy atom. The summed E-state index contributed by atoms with van der Waals surface area (Å²) >= 11 is 0. The number of carbonyl (C=O) groups excluding carboxylic acids is 1. The molecule has 0 aliphatic carbocycles. The van der Waals surface area contributed by atoms with Crippen molar-refractivity contribution in [3.8, 4) is 0 Å². The Hall–Kier alpha value is -1.59. The summed E-state index contributed by atoms with van der Waals surface area (Å²) in [4.78, 5) is 16.2. The number of nitrogens with two attached hydrogens (primary N) is 2. The zero-order valence-corrected chi connectivity index (χ0v) is 11.9. The molecule has 0 radical (unpaired) electrons. The highest BCUT2D eigenvalue weighted by Gasteiger charge is 2.17. The highest BCUT2D eigenvalue weighted by atomic mass is 35.5. The van der Waals surface area contributed by atoms with Gasteiger partial charge < -0.3 is 16.3 Å². The van der Waals surface area contributed by atoms with E-state index in [-0.39, 0.29) is 18.2 Å². The van der Waals surface area contributed by atoms with Crippen molar-refractivity contribution in [3.63, 3.8) is 0 Å². The molecule has 0 amide bonds. The summed E-state index contributed by atoms with van der Waals surface area (Å²) in [7, 11) is 0. The number of nitrogens with zero attached hydrogens (tertiary/aromatic N) is 1. The molecule has 0 unspecified atom stereocenters. The lowest BCUT2D eigenvalue weighted by Gasteiger charge is -2.10. The summed E-state index contributed by atoms with van der Waals surface area (Å²) in [6.07, 6.45) is 0.555. The lowest BCUT2D eigenvalue weighted by molar-refractivity contribution is -0.145. The number of oxime groups is 1. The minimum atomic E-state index is -0.669. The molecule has 0 aliphatic rings. The largest absolute Gasteiger partial charge is 0.380 e. The maximum Gasteiger partial charge on any atom is 0.351 e. The first kappa shape index (κ1) is 17.4. The van der Waals surface area contributed by atoms with Gasteiger partial charge in [0.05, 0.1) is 0 Å². The van der Waals surface area contributed by atoms with Crippen LogP contribution >= 0.6 is 12.4 Å². The van der Waals surface area contributed by atoms with Gasteiger partial charge in [0.15, 0.2) is 5.84 Å². The Bertz CT molecular complexity index is 421. The fourth-order valence-electron chi connectivity index (χ4n) is 1.43. The summed E-state index contributed by atoms with van der Waals surface area (Å²) in [5.74, 6) is -0.0914. The van der Waals surface area contributed by atoms with Gasteiger partial charge in [0.2, 0.25) is 0 Å². The third-order valence-electron chi connectivity index (χ3n) is 2.33. The molecule has 0 spiro atoms. The highest BCUT2D eigenvalue weighted by Crippen LogP contribution is 2.04. The van der Waals surface area contributed by atoms with Crippen LogP contribution in [0.1, 0.15) is 25.8 Å². The summed E-state index contributed by atoms with van der Waals surface area (Å²) < 4.78 is 0. The summed E-state index contributed by atoms with van der Waals surface area (Å²) in [6.45, 7) is 3.96. The van der Waals surface area contributed by atoms with E-state index in [1.165, 1.54) is 0 Å². The monoisotopic (exact) mass is 285 g/mol. The van der Waals surface area contributed by atoms with Crippen molar-refractivity contribution in [2.45, 2.75) is 26.3 Å². The predicted molar refractivity (Wildman–Crippen MR) is 77.9 cm³/mol. The van der Waals surface area contributed by atoms with E-state index in [9.17, 15) is 4.79 Å². The molecule has 6 heteroatoms. The van der Waals surface area contributed by atoms with Crippen molar-refractivity contribution in [1.29, 1.82) is 0 Å². The van der Waals surface area contributed by atoms with Gasteiger partial charge in [-0.3, -0.25) is 0 Å². The molecule has 1 aromatic carbocycles. The minimum absolute atomic E-state index is 0. The van der Waals surface area contributed by atoms with Crippen molar-refractivity contribution in [1.82, 2.24) is 0 Å². The molecule has 4 N–H and O–H groups in total. The van der Waals surface area contributed by atoms with Crippen LogP contribution in [-0.2, 0) is 9.63 Å². The number of halogens is 1. The number of rotatable bonds is 5. The molecule has 0 saturated carbocycles. The standard InChI is InChI=1S/C13H19N3O2.ClH/c1-9(2)8-11(14)13(17)18-16-12(15)10-6-4-3-5-7-10;/h3-7,9,11H,8,14H2,1-2H3,(H2,15,16);1H/t11-;/m0./s1. The first-order valence-corrected chi connectivity index (χ1v) is 5.86. The molecule has 0 aliphatic heterocycles. The third kappa shape index (κ3) is 6.22. The SMILES string of the molecule is CC(C)C[C@H](N)C(=O)ON=C(N)c1ccccc1.Cl. The number of carbonyl (C=O) groups is 1. The number of hydrogen-bond acceptors (Lipinski definition) is 4. The van der Waals surface area contributed by atoms with Crippen molar-refractivity contribution in [2.24, 2.45) is 22.5 Å². The summed E-state index contributed by atoms with van der Waals surface area (Å²) in [6, 6.07) is 8.40. The molecule has 0 bridgehead atoms. The molecular formula is C13H20ClN3O2. The second kappa shape index (κ2) is 8.50. The lowest BCUT2D eigenvalue weighted by atomic mass is 10.1. The molecule has 0 saturated heterocycles. The van der Waals surface area contributed by atoms with Gasteiger partial charge in [-0.25, -0.2) is 4.79 Å². The maximum absolute atomic E-state index is 11.5. The van der Waals surface area contributed by atoms with Gasteiger partial charge in [-0.05, 0) is 12.3 Å². The van der Waals surface area contributed by atoms with Crippen LogP contribution in [-0.4, -0.2) is 17.8 Å². The van der Waals surface area contributed by atoms with Crippen LogP contribution in [0.2, 0.25) is 0 Å². The number of amidine groups is 1. The van der Waals surface area contributed by atoms with Gasteiger partial charge in [0.25, 0.3) is 0 Å². The second-order valence-electron chi connectivity index (χ2n) is 4.49. The van der Waals surface area contributed by atoms with Gasteiger partial charge >= 0.3 is 5.97 Å². The third-order valence-corrected chi connectivity index (χ3v) is 2.33. The number of benzene rings is 1. The molecule has 19 heavy (non-hydrogen) atoms. The predicted octanol–water partition coefficient (Wildman–Crippen LogP) is 1.65. The molecule has 1 atom stereocenters. The van der Waals surface area contributed by atoms with Crippen molar-refractivity contribution < 1.29 is 9.63 Å². The van der Waals surface area contributed by atoms with Crippen LogP contribution in [0.3, 0.4) is 0 Å². The second-order valence-corrected chi connectivity index (χ2v) is 4.49. The van der Waals surface area contributed by atoms with Crippen molar-refractivity contribution in [2.75, 3.05) is 0 Å². The van der Waals surface area contributed by atoms with Gasteiger partial charge in [0, 0.05) is 5.56 Å². The van der Waals surface area contributed by atoms with Crippen LogP contribution in [0.15, 0.2) is 35.5 Å². The summed E-state index contributed by atoms with van der Waals surface area (Å²) in [5, 5.41) is 3.59. The molecule has 1 aromatic rings. The Morgan fingerprint density at radius 1 is 1.32 bits per heavy atom. The first-order chi connectivity index (χ1) is 8.50. The molecule has 0 aromatic heterocycles. The van der Waals surface area contributed by atoms with Crippen LogP contribution in [0.5, 0.6) is 0 Å². The van der Waals surface area contributed by atoms with E-state index in [1.54, 1.807) is 12.1 Å². The molecule has 1 rings (SSSR count). The topological polar surface area (TPSA) is 90.7 Å². The van der Waals surface area contributed by atoms with E-state index in [2.05, 4.69) is 5.16 Å². The van der Waals surface area contributed by atoms with E-state index in [0.717, 1.165) is 0 Å². The smallest absolute Gasteiger partial charge is 0.351 e. The molecular weight excluding hydrogens is 266 g/mol. The van der Waals surface area contributed by atoms with Gasteiger partial charge in [-0.2, -0.15) is 0 Å². The molecule has 0 fully saturated rings. The molecule has 5 nitrogen and oxygen atoms in total. The van der Waals surface area contributed by atoms with Crippen LogP contribution in [0.25, 0.3) is 0 Å². The normalized spacial score (nSPS) is 12.7. The van der Waals surface area contributed by atoms with Crippen LogP contribution in [0.4, 0.5) is 0 Å². The Balaban J connectivity index is 0.00000324. The molecule has 0 heterocycles. The van der Waals surface area contributed by atoms with E-state index in [4.69, 9.17) is 16.3 Å². The van der Waals surface area contributed by atoms with Crippen molar-refractivity contribution >= 4 is 24.2 Å². The first-order valence-electron chi connectivity index (χ1n) is 5.86. The van der Waals surface area contributed by atoms with E-state index in [1.807, 2.05) is 32.0 Å². The van der Waals surface area contributed by atoms with Crippen LogP contribution in [0, 0.1) is 5.92 Å². The zero-order chi connectivity index (χ0) is 13.5. The highest BCUT2D eigenvalue weighted by molar-refractivity contribution is 5.97. The van der Waals surface area contributed by atoms with E-state index < -0.39 is 12.0 Å². The number of hydrogen-bond donors (Lipinski definition) is 2. The van der Waals surface area contributed by atoms with Gasteiger partial charge in [-0.15, -0.1) is 12.4 Å². The average molecular weight is 286 g/mol. The zero-order valence-electron chi connectivity index (χ0n) is 11.1. The van der Waals surface area contributed by atoms with Crippen molar-refractivity contribution in [3.05, 3.63) is 35.9 Å². The lowest BCUT2D eigenvalue weighted by Crippen LogP contribution is -2.33. The summed E-state index contributed by atoms with van der Waals surface area (Å²) in [5.41, 5.74) is 12.0. The Kier molecular flexibility index (Phi) is 7.79. The van der Waals surface area contributed by atoms with Gasteiger partial charge in [0.1, 0.15) is 6.04 Å². The van der Waals surface area contributed by atoms with Crippen LogP contribution < -0.4 is 11.5 Å². The fourth-order valence-corrected chi connectivity index (χ4v) is 1.43. The van der Waals surface area contributed by atoms with E-state index >= 15 is 0 Å². The Morgan fingerprint density at radius 2 is 1.89 bits per heavy atom. The minimum Gasteiger partial charge on any atom is -0.380 e. The van der Waals surface area contributed by atoms with E-state index in [0.29, 0.717) is 17.9 Å². The quantitative estimate of drug-likeness (QED) is 0.372. The maximum atomic E-state index is 11.5. The fraction of sp³-hybridized carbons (Fsp3) is 0.385. The molecule has 106 valence electrons. The van der Waals surface area contributed by atoms with Gasteiger partial charge in [-0.1, -0.05) is 49.3 Å².